The molecule has 1 aromatic rings. The quantitative estimate of drug-likeness (QED) is 0.752. The predicted octanol–water partition coefficient (Wildman–Crippen LogP) is 0.756. The number of ether oxygens (including phenoxy) is 1. The Labute approximate surface area is 89.2 Å². The Morgan fingerprint density at radius 2 is 2.40 bits per heavy atom. The molecule has 0 radical (unpaired) electrons. The topological polar surface area (TPSA) is 60.2 Å². The Bertz CT molecular complexity index is 309. The Balaban J connectivity index is 1.90. The predicted molar refractivity (Wildman–Crippen MR) is 54.3 cm³/mol. The lowest BCUT2D eigenvalue weighted by Crippen LogP contribution is -2.29. The summed E-state index contributed by atoms with van der Waals surface area (Å²) in [5, 5.41) is 7.13. The van der Waals surface area contributed by atoms with Crippen molar-refractivity contribution in [2.45, 2.75) is 31.9 Å². The molecule has 0 amide bonds. The fourth-order valence-corrected chi connectivity index (χ4v) is 1.75. The summed E-state index contributed by atoms with van der Waals surface area (Å²) in [4.78, 5) is 4.26. The van der Waals surface area contributed by atoms with Gasteiger partial charge in [0.1, 0.15) is 6.61 Å². The van der Waals surface area contributed by atoms with Crippen LogP contribution in [0.25, 0.3) is 0 Å². The minimum absolute atomic E-state index is 0.414. The van der Waals surface area contributed by atoms with Gasteiger partial charge in [-0.3, -0.25) is 0 Å². The summed E-state index contributed by atoms with van der Waals surface area (Å²) in [6.45, 7) is 0.414. The van der Waals surface area contributed by atoms with Crippen LogP contribution < -0.4 is 5.32 Å². The molecule has 1 unspecified atom stereocenters. The molecule has 84 valence electrons. The highest BCUT2D eigenvalue weighted by Gasteiger charge is 2.31. The van der Waals surface area contributed by atoms with Crippen molar-refractivity contribution in [3.05, 3.63) is 11.7 Å². The second-order valence-corrected chi connectivity index (χ2v) is 3.97. The van der Waals surface area contributed by atoms with Crippen molar-refractivity contribution in [3.63, 3.8) is 0 Å². The van der Waals surface area contributed by atoms with Crippen LogP contribution in [0.3, 0.4) is 0 Å². The van der Waals surface area contributed by atoms with Gasteiger partial charge in [-0.15, -0.1) is 0 Å². The molecule has 1 N–H and O–H groups in total. The van der Waals surface area contributed by atoms with Crippen LogP contribution in [0.15, 0.2) is 4.52 Å². The third-order valence-electron chi connectivity index (χ3n) is 2.74. The number of hydrogen-bond donors (Lipinski definition) is 1. The van der Waals surface area contributed by atoms with Crippen molar-refractivity contribution in [3.8, 4) is 0 Å². The first-order chi connectivity index (χ1) is 7.33. The summed E-state index contributed by atoms with van der Waals surface area (Å²) in [6, 6.07) is 0.473. The van der Waals surface area contributed by atoms with E-state index in [4.69, 9.17) is 9.26 Å². The molecule has 1 atom stereocenters. The van der Waals surface area contributed by atoms with E-state index in [9.17, 15) is 0 Å². The molecule has 1 saturated carbocycles. The summed E-state index contributed by atoms with van der Waals surface area (Å²) in [5.74, 6) is 2.11. The summed E-state index contributed by atoms with van der Waals surface area (Å²) in [6.07, 6.45) is 3.44. The molecule has 1 aliphatic rings. The van der Waals surface area contributed by atoms with Crippen LogP contribution in [-0.4, -0.2) is 30.3 Å². The Kier molecular flexibility index (Phi) is 3.33. The molecule has 1 fully saturated rings. The van der Waals surface area contributed by atoms with E-state index in [2.05, 4.69) is 15.5 Å². The highest BCUT2D eigenvalue weighted by atomic mass is 16.5. The van der Waals surface area contributed by atoms with E-state index in [0.717, 1.165) is 12.3 Å². The van der Waals surface area contributed by atoms with Crippen molar-refractivity contribution in [2.24, 2.45) is 5.92 Å². The minimum atomic E-state index is 0.414. The number of aromatic nitrogens is 2. The fraction of sp³-hybridized carbons (Fsp3) is 0.800. The fourth-order valence-electron chi connectivity index (χ4n) is 1.75. The van der Waals surface area contributed by atoms with E-state index < -0.39 is 0 Å². The van der Waals surface area contributed by atoms with Crippen molar-refractivity contribution in [1.82, 2.24) is 15.5 Å². The number of methoxy groups -OCH3 is 1. The SMILES string of the molecule is CNC(Cc1nc(COC)no1)C1CC1. The molecule has 0 aromatic carbocycles. The average molecular weight is 211 g/mol. The van der Waals surface area contributed by atoms with E-state index in [1.165, 1.54) is 12.8 Å². The van der Waals surface area contributed by atoms with Crippen molar-refractivity contribution in [2.75, 3.05) is 14.2 Å². The summed E-state index contributed by atoms with van der Waals surface area (Å²) >= 11 is 0. The maximum absolute atomic E-state index is 5.15. The van der Waals surface area contributed by atoms with E-state index in [1.54, 1.807) is 7.11 Å². The molecular weight excluding hydrogens is 194 g/mol. The summed E-state index contributed by atoms with van der Waals surface area (Å²) in [5.41, 5.74) is 0. The lowest BCUT2D eigenvalue weighted by molar-refractivity contribution is 0.174. The molecule has 0 aliphatic heterocycles. The molecule has 0 saturated heterocycles. The standard InChI is InChI=1S/C10H17N3O2/c1-11-8(7-3-4-7)5-10-12-9(6-14-2)13-15-10/h7-8,11H,3-6H2,1-2H3. The van der Waals surface area contributed by atoms with Gasteiger partial charge >= 0.3 is 0 Å². The van der Waals surface area contributed by atoms with Crippen LogP contribution in [0, 0.1) is 5.92 Å². The Morgan fingerprint density at radius 1 is 1.60 bits per heavy atom. The maximum Gasteiger partial charge on any atom is 0.228 e. The third-order valence-corrected chi connectivity index (χ3v) is 2.74. The monoisotopic (exact) mass is 211 g/mol. The number of likely N-dealkylation sites (N-methyl/N-ethyl adjacent to an activating group) is 1. The minimum Gasteiger partial charge on any atom is -0.377 e. The zero-order valence-corrected chi connectivity index (χ0v) is 9.19. The van der Waals surface area contributed by atoms with Gasteiger partial charge in [0.05, 0.1) is 0 Å². The molecule has 0 spiro atoms. The first-order valence-electron chi connectivity index (χ1n) is 5.31. The highest BCUT2D eigenvalue weighted by molar-refractivity contribution is 4.94. The maximum atomic E-state index is 5.15. The Morgan fingerprint density at radius 3 is 3.00 bits per heavy atom. The number of rotatable bonds is 6. The second-order valence-electron chi connectivity index (χ2n) is 3.97. The van der Waals surface area contributed by atoms with E-state index in [0.29, 0.717) is 24.4 Å². The van der Waals surface area contributed by atoms with Crippen molar-refractivity contribution >= 4 is 0 Å². The normalized spacial score (nSPS) is 18.0. The number of hydrogen-bond acceptors (Lipinski definition) is 5. The van der Waals surface area contributed by atoms with Crippen LogP contribution in [0.5, 0.6) is 0 Å². The molecule has 1 heterocycles. The number of nitrogens with zero attached hydrogens (tertiary/aromatic N) is 2. The zero-order valence-electron chi connectivity index (χ0n) is 9.19. The molecule has 0 bridgehead atoms. The van der Waals surface area contributed by atoms with Gasteiger partial charge in [0.15, 0.2) is 5.82 Å². The molecule has 1 aliphatic carbocycles. The molecule has 2 rings (SSSR count). The van der Waals surface area contributed by atoms with Gasteiger partial charge in [-0.1, -0.05) is 5.16 Å². The third kappa shape index (κ3) is 2.76. The lowest BCUT2D eigenvalue weighted by atomic mass is 10.1. The van der Waals surface area contributed by atoms with Crippen LogP contribution in [0.4, 0.5) is 0 Å². The van der Waals surface area contributed by atoms with Gasteiger partial charge in [0, 0.05) is 19.6 Å². The summed E-state index contributed by atoms with van der Waals surface area (Å²) < 4.78 is 10.1. The van der Waals surface area contributed by atoms with Gasteiger partial charge in [-0.05, 0) is 25.8 Å². The van der Waals surface area contributed by atoms with E-state index in [-0.39, 0.29) is 0 Å². The van der Waals surface area contributed by atoms with Crippen molar-refractivity contribution in [1.29, 1.82) is 0 Å². The van der Waals surface area contributed by atoms with Crippen LogP contribution >= 0.6 is 0 Å². The Hall–Kier alpha value is -0.940. The van der Waals surface area contributed by atoms with E-state index >= 15 is 0 Å². The zero-order chi connectivity index (χ0) is 10.7. The lowest BCUT2D eigenvalue weighted by Gasteiger charge is -2.11. The van der Waals surface area contributed by atoms with Crippen LogP contribution in [0.2, 0.25) is 0 Å². The second kappa shape index (κ2) is 4.72. The van der Waals surface area contributed by atoms with Gasteiger partial charge in [-0.25, -0.2) is 0 Å². The highest BCUT2D eigenvalue weighted by Crippen LogP contribution is 2.33. The largest absolute Gasteiger partial charge is 0.377 e. The molecule has 1 aromatic heterocycles. The molecule has 15 heavy (non-hydrogen) atoms. The van der Waals surface area contributed by atoms with Gasteiger partial charge in [0.2, 0.25) is 5.89 Å². The van der Waals surface area contributed by atoms with Crippen molar-refractivity contribution < 1.29 is 9.26 Å². The van der Waals surface area contributed by atoms with Gasteiger partial charge < -0.3 is 14.6 Å². The average Bonchev–Trinajstić information content (AvgIpc) is 2.98. The number of nitrogens with one attached hydrogen (secondary N) is 1. The van der Waals surface area contributed by atoms with Crippen LogP contribution in [0.1, 0.15) is 24.6 Å². The van der Waals surface area contributed by atoms with E-state index in [1.807, 2.05) is 7.05 Å². The first-order valence-corrected chi connectivity index (χ1v) is 5.31. The smallest absolute Gasteiger partial charge is 0.228 e. The summed E-state index contributed by atoms with van der Waals surface area (Å²) in [7, 11) is 3.60. The van der Waals surface area contributed by atoms with Crippen LogP contribution in [-0.2, 0) is 17.8 Å². The van der Waals surface area contributed by atoms with Gasteiger partial charge in [0.25, 0.3) is 0 Å². The molecular formula is C10H17N3O2. The molecule has 5 heteroatoms. The molecule has 5 nitrogen and oxygen atoms in total. The first kappa shape index (κ1) is 10.6. The van der Waals surface area contributed by atoms with Gasteiger partial charge in [-0.2, -0.15) is 4.98 Å².